The first-order chi connectivity index (χ1) is 13.8. The Kier molecular flexibility index (Phi) is 4.98. The van der Waals surface area contributed by atoms with Gasteiger partial charge in [-0.2, -0.15) is 0 Å². The molecule has 4 rings (SSSR count). The SMILES string of the molecule is CCc1cc(-c2ccc3nc(C4CC4)n(CCOC(F)(F)F)c3c2)cn(C)c1=O. The zero-order chi connectivity index (χ0) is 20.8. The van der Waals surface area contributed by atoms with E-state index in [2.05, 4.69) is 9.72 Å². The van der Waals surface area contributed by atoms with Crippen LogP contribution in [0.4, 0.5) is 13.2 Å². The topological polar surface area (TPSA) is 49.0 Å². The molecule has 1 aliphatic carbocycles. The Bertz CT molecular complexity index is 1110. The summed E-state index contributed by atoms with van der Waals surface area (Å²) in [6.45, 7) is 1.55. The van der Waals surface area contributed by atoms with Crippen molar-refractivity contribution in [1.82, 2.24) is 14.1 Å². The molecule has 0 unspecified atom stereocenters. The molecule has 3 aromatic rings. The van der Waals surface area contributed by atoms with E-state index in [4.69, 9.17) is 0 Å². The Morgan fingerprint density at radius 3 is 2.62 bits per heavy atom. The number of rotatable bonds is 6. The smallest absolute Gasteiger partial charge is 0.325 e. The van der Waals surface area contributed by atoms with Crippen LogP contribution in [-0.2, 0) is 24.8 Å². The number of imidazole rings is 1. The fourth-order valence-electron chi connectivity index (χ4n) is 3.65. The van der Waals surface area contributed by atoms with Crippen LogP contribution < -0.4 is 5.56 Å². The van der Waals surface area contributed by atoms with Gasteiger partial charge in [0.2, 0.25) is 0 Å². The van der Waals surface area contributed by atoms with Gasteiger partial charge in [0, 0.05) is 31.3 Å². The molecule has 0 saturated heterocycles. The van der Waals surface area contributed by atoms with Crippen LogP contribution in [0.1, 0.15) is 37.1 Å². The maximum Gasteiger partial charge on any atom is 0.522 e. The zero-order valence-electron chi connectivity index (χ0n) is 16.3. The lowest BCUT2D eigenvalue weighted by Crippen LogP contribution is -2.20. The van der Waals surface area contributed by atoms with E-state index in [9.17, 15) is 18.0 Å². The first-order valence-corrected chi connectivity index (χ1v) is 9.67. The molecule has 8 heteroatoms. The van der Waals surface area contributed by atoms with E-state index in [0.717, 1.165) is 46.4 Å². The molecule has 154 valence electrons. The second-order valence-corrected chi connectivity index (χ2v) is 7.42. The lowest BCUT2D eigenvalue weighted by molar-refractivity contribution is -0.325. The fourth-order valence-corrected chi connectivity index (χ4v) is 3.65. The second-order valence-electron chi connectivity index (χ2n) is 7.42. The van der Waals surface area contributed by atoms with Gasteiger partial charge in [0.1, 0.15) is 5.82 Å². The van der Waals surface area contributed by atoms with Crippen molar-refractivity contribution in [3.05, 3.63) is 52.2 Å². The van der Waals surface area contributed by atoms with Crippen LogP contribution in [0, 0.1) is 0 Å². The Labute approximate surface area is 165 Å². The summed E-state index contributed by atoms with van der Waals surface area (Å²) in [6.07, 6.45) is -0.250. The standard InChI is InChI=1S/C21H22F3N3O2/c1-3-13-10-16(12-26(2)20(13)28)15-6-7-17-18(11-15)27(8-9-29-21(22,23)24)19(25-17)14-4-5-14/h6-7,10-12,14H,3-5,8-9H2,1-2H3. The number of ether oxygens (including phenoxy) is 1. The van der Waals surface area contributed by atoms with Crippen LogP contribution in [0.25, 0.3) is 22.2 Å². The van der Waals surface area contributed by atoms with Crippen LogP contribution in [-0.4, -0.2) is 27.1 Å². The third kappa shape index (κ3) is 4.07. The highest BCUT2D eigenvalue weighted by Gasteiger charge is 2.31. The Balaban J connectivity index is 1.76. The molecule has 1 fully saturated rings. The summed E-state index contributed by atoms with van der Waals surface area (Å²) in [4.78, 5) is 16.8. The quantitative estimate of drug-likeness (QED) is 0.612. The number of nitrogens with zero attached hydrogens (tertiary/aromatic N) is 3. The Hall–Kier alpha value is -2.61. The number of pyridine rings is 1. The third-order valence-electron chi connectivity index (χ3n) is 5.27. The van der Waals surface area contributed by atoms with Gasteiger partial charge in [0.05, 0.1) is 17.6 Å². The van der Waals surface area contributed by atoms with Crippen LogP contribution in [0.3, 0.4) is 0 Å². The highest BCUT2D eigenvalue weighted by atomic mass is 19.4. The molecule has 0 atom stereocenters. The number of hydrogen-bond donors (Lipinski definition) is 0. The van der Waals surface area contributed by atoms with E-state index in [1.807, 2.05) is 35.8 Å². The molecule has 2 heterocycles. The van der Waals surface area contributed by atoms with Gasteiger partial charge in [0.15, 0.2) is 0 Å². The minimum absolute atomic E-state index is 0.0253. The Morgan fingerprint density at radius 2 is 1.97 bits per heavy atom. The molecular formula is C21H22F3N3O2. The number of fused-ring (bicyclic) bond motifs is 1. The highest BCUT2D eigenvalue weighted by Crippen LogP contribution is 2.41. The second kappa shape index (κ2) is 7.33. The Morgan fingerprint density at radius 1 is 1.21 bits per heavy atom. The number of hydrogen-bond acceptors (Lipinski definition) is 3. The third-order valence-corrected chi connectivity index (χ3v) is 5.27. The minimum atomic E-state index is -4.65. The number of aryl methyl sites for hydroxylation is 2. The van der Waals surface area contributed by atoms with Gasteiger partial charge in [-0.25, -0.2) is 4.98 Å². The highest BCUT2D eigenvalue weighted by molar-refractivity contribution is 5.83. The molecule has 2 aromatic heterocycles. The van der Waals surface area contributed by atoms with Gasteiger partial charge in [-0.1, -0.05) is 13.0 Å². The predicted octanol–water partition coefficient (Wildman–Crippen LogP) is 4.38. The van der Waals surface area contributed by atoms with Crippen LogP contribution in [0.15, 0.2) is 35.3 Å². The van der Waals surface area contributed by atoms with E-state index < -0.39 is 13.0 Å². The average Bonchev–Trinajstić information content (AvgIpc) is 3.45. The van der Waals surface area contributed by atoms with Gasteiger partial charge >= 0.3 is 6.36 Å². The molecule has 0 radical (unpaired) electrons. The fraction of sp³-hybridized carbons (Fsp3) is 0.429. The summed E-state index contributed by atoms with van der Waals surface area (Å²) >= 11 is 0. The number of halogens is 3. The van der Waals surface area contributed by atoms with Crippen molar-refractivity contribution < 1.29 is 17.9 Å². The molecule has 0 spiro atoms. The van der Waals surface area contributed by atoms with Gasteiger partial charge in [-0.3, -0.25) is 9.53 Å². The molecular weight excluding hydrogens is 383 g/mol. The summed E-state index contributed by atoms with van der Waals surface area (Å²) in [7, 11) is 1.72. The number of aromatic nitrogens is 3. The first kappa shape index (κ1) is 19.7. The van der Waals surface area contributed by atoms with Crippen molar-refractivity contribution in [2.24, 2.45) is 7.05 Å². The monoisotopic (exact) mass is 405 g/mol. The molecule has 0 bridgehead atoms. The summed E-state index contributed by atoms with van der Waals surface area (Å²) in [6, 6.07) is 7.62. The van der Waals surface area contributed by atoms with Crippen molar-refractivity contribution >= 4 is 11.0 Å². The lowest BCUT2D eigenvalue weighted by atomic mass is 10.0. The molecule has 1 saturated carbocycles. The maximum atomic E-state index is 12.4. The lowest BCUT2D eigenvalue weighted by Gasteiger charge is -2.12. The minimum Gasteiger partial charge on any atom is -0.325 e. The average molecular weight is 405 g/mol. The predicted molar refractivity (Wildman–Crippen MR) is 104 cm³/mol. The molecule has 5 nitrogen and oxygen atoms in total. The van der Waals surface area contributed by atoms with Gasteiger partial charge in [-0.05, 0) is 48.6 Å². The normalized spacial score (nSPS) is 14.7. The van der Waals surface area contributed by atoms with Crippen molar-refractivity contribution in [2.75, 3.05) is 6.61 Å². The summed E-state index contributed by atoms with van der Waals surface area (Å²) in [5, 5.41) is 0. The summed E-state index contributed by atoms with van der Waals surface area (Å²) in [5.74, 6) is 1.11. The van der Waals surface area contributed by atoms with Gasteiger partial charge < -0.3 is 9.13 Å². The molecule has 0 aliphatic heterocycles. The molecule has 0 N–H and O–H groups in total. The summed E-state index contributed by atoms with van der Waals surface area (Å²) < 4.78 is 44.7. The van der Waals surface area contributed by atoms with E-state index in [1.54, 1.807) is 17.8 Å². The van der Waals surface area contributed by atoms with Crippen LogP contribution in [0.5, 0.6) is 0 Å². The zero-order valence-corrected chi connectivity index (χ0v) is 16.3. The molecule has 29 heavy (non-hydrogen) atoms. The maximum absolute atomic E-state index is 12.4. The first-order valence-electron chi connectivity index (χ1n) is 9.67. The van der Waals surface area contributed by atoms with E-state index >= 15 is 0 Å². The van der Waals surface area contributed by atoms with E-state index in [1.165, 1.54) is 0 Å². The van der Waals surface area contributed by atoms with E-state index in [0.29, 0.717) is 12.3 Å². The molecule has 0 amide bonds. The van der Waals surface area contributed by atoms with Crippen molar-refractivity contribution in [1.29, 1.82) is 0 Å². The van der Waals surface area contributed by atoms with Crippen LogP contribution in [0.2, 0.25) is 0 Å². The van der Waals surface area contributed by atoms with Gasteiger partial charge in [-0.15, -0.1) is 13.2 Å². The van der Waals surface area contributed by atoms with Crippen molar-refractivity contribution in [3.8, 4) is 11.1 Å². The van der Waals surface area contributed by atoms with Crippen molar-refractivity contribution in [2.45, 2.75) is 45.0 Å². The largest absolute Gasteiger partial charge is 0.522 e. The van der Waals surface area contributed by atoms with Gasteiger partial charge in [0.25, 0.3) is 5.56 Å². The number of alkyl halides is 3. The van der Waals surface area contributed by atoms with Crippen molar-refractivity contribution in [3.63, 3.8) is 0 Å². The van der Waals surface area contributed by atoms with Crippen LogP contribution >= 0.6 is 0 Å². The molecule has 1 aliphatic rings. The molecule has 1 aromatic carbocycles. The number of benzene rings is 1. The summed E-state index contributed by atoms with van der Waals surface area (Å²) in [5.41, 5.74) is 4.00. The van der Waals surface area contributed by atoms with E-state index in [-0.39, 0.29) is 12.1 Å².